The number of hydrogen-bond donors (Lipinski definition) is 2. The van der Waals surface area contributed by atoms with Gasteiger partial charge in [0.1, 0.15) is 0 Å². The molecule has 5 heteroatoms. The van der Waals surface area contributed by atoms with Crippen molar-refractivity contribution in [1.29, 1.82) is 0 Å². The van der Waals surface area contributed by atoms with E-state index in [-0.39, 0.29) is 29.4 Å². The molecule has 0 unspecified atom stereocenters. The highest BCUT2D eigenvalue weighted by molar-refractivity contribution is 14.0. The zero-order valence-electron chi connectivity index (χ0n) is 12.8. The standard InChI is InChI=1S/C17H22ClN3.HI/c1-19-16(21-15-7-2-3-8-15)20-12-17(9-10-17)13-5-4-6-14(18)11-13;/h2-6,11,15H,7-10,12H2,1H3,(H2,19,20,21);1H. The molecule has 1 aromatic carbocycles. The van der Waals surface area contributed by atoms with Crippen molar-refractivity contribution in [2.75, 3.05) is 13.6 Å². The zero-order chi connectivity index (χ0) is 14.7. The Morgan fingerprint density at radius 3 is 2.64 bits per heavy atom. The van der Waals surface area contributed by atoms with Gasteiger partial charge in [-0.25, -0.2) is 0 Å². The highest BCUT2D eigenvalue weighted by Gasteiger charge is 2.44. The number of guanidine groups is 1. The van der Waals surface area contributed by atoms with E-state index in [1.165, 1.54) is 18.4 Å². The van der Waals surface area contributed by atoms with Gasteiger partial charge in [0, 0.05) is 30.1 Å². The van der Waals surface area contributed by atoms with E-state index in [0.717, 1.165) is 30.4 Å². The van der Waals surface area contributed by atoms with E-state index in [9.17, 15) is 0 Å². The lowest BCUT2D eigenvalue weighted by Crippen LogP contribution is -2.45. The third-order valence-electron chi connectivity index (χ3n) is 4.46. The Bertz CT molecular complexity index is 559. The van der Waals surface area contributed by atoms with Crippen LogP contribution >= 0.6 is 35.6 Å². The fourth-order valence-electron chi connectivity index (χ4n) is 2.91. The Hall–Kier alpha value is -0.750. The molecular weight excluding hydrogens is 409 g/mol. The predicted octanol–water partition coefficient (Wildman–Crippen LogP) is 3.87. The van der Waals surface area contributed by atoms with Crippen molar-refractivity contribution < 1.29 is 0 Å². The highest BCUT2D eigenvalue weighted by Crippen LogP contribution is 2.48. The first-order chi connectivity index (χ1) is 10.2. The van der Waals surface area contributed by atoms with E-state index >= 15 is 0 Å². The molecule has 0 amide bonds. The summed E-state index contributed by atoms with van der Waals surface area (Å²) in [6.45, 7) is 0.910. The molecule has 1 aromatic rings. The Morgan fingerprint density at radius 2 is 2.05 bits per heavy atom. The number of hydrogen-bond acceptors (Lipinski definition) is 1. The molecule has 120 valence electrons. The van der Waals surface area contributed by atoms with Gasteiger partial charge in [-0.15, -0.1) is 24.0 Å². The number of benzene rings is 1. The maximum atomic E-state index is 6.12. The Balaban J connectivity index is 0.00000176. The molecule has 1 saturated carbocycles. The van der Waals surface area contributed by atoms with Gasteiger partial charge in [0.15, 0.2) is 5.96 Å². The van der Waals surface area contributed by atoms with E-state index in [4.69, 9.17) is 11.6 Å². The normalized spacial score (nSPS) is 19.6. The third kappa shape index (κ3) is 4.16. The van der Waals surface area contributed by atoms with E-state index in [1.54, 1.807) is 0 Å². The molecule has 0 saturated heterocycles. The van der Waals surface area contributed by atoms with Crippen LogP contribution in [0.2, 0.25) is 5.02 Å². The lowest BCUT2D eigenvalue weighted by molar-refractivity contribution is 0.605. The summed E-state index contributed by atoms with van der Waals surface area (Å²) in [4.78, 5) is 4.33. The van der Waals surface area contributed by atoms with Crippen LogP contribution in [0.4, 0.5) is 0 Å². The molecule has 22 heavy (non-hydrogen) atoms. The average molecular weight is 432 g/mol. The number of halogens is 2. The van der Waals surface area contributed by atoms with Gasteiger partial charge in [-0.05, 0) is 43.4 Å². The lowest BCUT2D eigenvalue weighted by atomic mass is 9.96. The Labute approximate surface area is 154 Å². The van der Waals surface area contributed by atoms with Crippen LogP contribution in [-0.2, 0) is 5.41 Å². The van der Waals surface area contributed by atoms with Gasteiger partial charge < -0.3 is 10.6 Å². The van der Waals surface area contributed by atoms with Crippen LogP contribution in [0.25, 0.3) is 0 Å². The molecule has 0 aliphatic heterocycles. The fourth-order valence-corrected chi connectivity index (χ4v) is 3.10. The smallest absolute Gasteiger partial charge is 0.191 e. The van der Waals surface area contributed by atoms with Crippen LogP contribution in [0.15, 0.2) is 41.4 Å². The molecule has 2 aliphatic rings. The SMILES string of the molecule is CN=C(NCC1(c2cccc(Cl)c2)CC1)NC1CC=CC1.I. The van der Waals surface area contributed by atoms with Gasteiger partial charge in [-0.3, -0.25) is 4.99 Å². The van der Waals surface area contributed by atoms with Gasteiger partial charge >= 0.3 is 0 Å². The van der Waals surface area contributed by atoms with Crippen molar-refractivity contribution in [3.8, 4) is 0 Å². The molecule has 0 aromatic heterocycles. The minimum Gasteiger partial charge on any atom is -0.356 e. The molecule has 1 fully saturated rings. The molecule has 2 N–H and O–H groups in total. The third-order valence-corrected chi connectivity index (χ3v) is 4.69. The number of nitrogens with one attached hydrogen (secondary N) is 2. The first kappa shape index (κ1) is 17.6. The topological polar surface area (TPSA) is 36.4 Å². The summed E-state index contributed by atoms with van der Waals surface area (Å²) in [6, 6.07) is 8.72. The van der Waals surface area contributed by atoms with Crippen molar-refractivity contribution in [3.05, 3.63) is 47.0 Å². The molecule has 0 bridgehead atoms. The summed E-state index contributed by atoms with van der Waals surface area (Å²) in [7, 11) is 1.83. The summed E-state index contributed by atoms with van der Waals surface area (Å²) in [5.74, 6) is 0.900. The van der Waals surface area contributed by atoms with Crippen LogP contribution in [0.3, 0.4) is 0 Å². The van der Waals surface area contributed by atoms with Gasteiger partial charge in [0.25, 0.3) is 0 Å². The lowest BCUT2D eigenvalue weighted by Gasteiger charge is -2.21. The number of aliphatic imine (C=N–C) groups is 1. The van der Waals surface area contributed by atoms with Crippen LogP contribution in [0.5, 0.6) is 0 Å². The molecule has 3 nitrogen and oxygen atoms in total. The van der Waals surface area contributed by atoms with E-state index in [2.05, 4.69) is 39.9 Å². The molecule has 0 spiro atoms. The molecular formula is C17H23ClIN3. The molecule has 0 atom stereocenters. The van der Waals surface area contributed by atoms with Gasteiger partial charge in [-0.1, -0.05) is 35.9 Å². The maximum Gasteiger partial charge on any atom is 0.191 e. The van der Waals surface area contributed by atoms with Crippen molar-refractivity contribution in [2.45, 2.75) is 37.1 Å². The number of nitrogens with zero attached hydrogens (tertiary/aromatic N) is 1. The minimum absolute atomic E-state index is 0. The van der Waals surface area contributed by atoms with Gasteiger partial charge in [-0.2, -0.15) is 0 Å². The minimum atomic E-state index is 0. The summed E-state index contributed by atoms with van der Waals surface area (Å²) in [5, 5.41) is 7.78. The van der Waals surface area contributed by atoms with Crippen molar-refractivity contribution in [3.63, 3.8) is 0 Å². The fraction of sp³-hybridized carbons (Fsp3) is 0.471. The maximum absolute atomic E-state index is 6.12. The largest absolute Gasteiger partial charge is 0.356 e. The Morgan fingerprint density at radius 1 is 1.32 bits per heavy atom. The van der Waals surface area contributed by atoms with Gasteiger partial charge in [0.2, 0.25) is 0 Å². The van der Waals surface area contributed by atoms with Gasteiger partial charge in [0.05, 0.1) is 0 Å². The van der Waals surface area contributed by atoms with E-state index in [0.29, 0.717) is 6.04 Å². The van der Waals surface area contributed by atoms with E-state index in [1.807, 2.05) is 19.2 Å². The average Bonchev–Trinajstić information content (AvgIpc) is 3.12. The van der Waals surface area contributed by atoms with Crippen LogP contribution in [-0.4, -0.2) is 25.6 Å². The van der Waals surface area contributed by atoms with E-state index < -0.39 is 0 Å². The summed E-state index contributed by atoms with van der Waals surface area (Å²) < 4.78 is 0. The van der Waals surface area contributed by atoms with Crippen molar-refractivity contribution >= 4 is 41.5 Å². The zero-order valence-corrected chi connectivity index (χ0v) is 15.9. The highest BCUT2D eigenvalue weighted by atomic mass is 127. The first-order valence-electron chi connectivity index (χ1n) is 7.60. The quantitative estimate of drug-likeness (QED) is 0.329. The monoisotopic (exact) mass is 431 g/mol. The summed E-state index contributed by atoms with van der Waals surface area (Å²) >= 11 is 6.12. The summed E-state index contributed by atoms with van der Waals surface area (Å²) in [6.07, 6.45) is 9.03. The van der Waals surface area contributed by atoms with Crippen molar-refractivity contribution in [1.82, 2.24) is 10.6 Å². The molecule has 0 radical (unpaired) electrons. The van der Waals surface area contributed by atoms with Crippen LogP contribution < -0.4 is 10.6 Å². The molecule has 3 rings (SSSR count). The first-order valence-corrected chi connectivity index (χ1v) is 7.98. The second kappa shape index (κ2) is 7.68. The number of rotatable bonds is 4. The second-order valence-electron chi connectivity index (χ2n) is 6.00. The Kier molecular flexibility index (Phi) is 6.15. The molecule has 0 heterocycles. The summed E-state index contributed by atoms with van der Waals surface area (Å²) in [5.41, 5.74) is 1.57. The van der Waals surface area contributed by atoms with Crippen LogP contribution in [0, 0.1) is 0 Å². The molecule has 2 aliphatic carbocycles. The van der Waals surface area contributed by atoms with Crippen LogP contribution in [0.1, 0.15) is 31.2 Å². The van der Waals surface area contributed by atoms with Crippen molar-refractivity contribution in [2.24, 2.45) is 4.99 Å². The predicted molar refractivity (Wildman–Crippen MR) is 104 cm³/mol. The second-order valence-corrected chi connectivity index (χ2v) is 6.44.